The Hall–Kier alpha value is 0.390. The summed E-state index contributed by atoms with van der Waals surface area (Å²) in [5.74, 6) is 0. The van der Waals surface area contributed by atoms with Crippen LogP contribution in [-0.2, 0) is 6.61 Å². The molecule has 0 heterocycles. The molecule has 0 fully saturated rings. The molecule has 1 aromatic rings. The van der Waals surface area contributed by atoms with E-state index >= 15 is 0 Å². The van der Waals surface area contributed by atoms with Crippen LogP contribution < -0.4 is 0 Å². The first-order chi connectivity index (χ1) is 5.15. The lowest BCUT2D eigenvalue weighted by molar-refractivity contribution is 0.281. The molecule has 1 nitrogen and oxygen atoms in total. The molecule has 1 N–H and O–H groups in total. The Morgan fingerprint density at radius 3 is 2.64 bits per heavy atom. The molecule has 0 saturated heterocycles. The molecule has 0 aliphatic heterocycles. The number of aliphatic hydroxyl groups excluding tert-OH is 1. The average molecular weight is 327 g/mol. The Balaban J connectivity index is 3.21. The van der Waals surface area contributed by atoms with Gasteiger partial charge in [0.05, 0.1) is 6.61 Å². The second kappa shape index (κ2) is 3.87. The summed E-state index contributed by atoms with van der Waals surface area (Å²) in [4.78, 5) is 0. The zero-order valence-electron chi connectivity index (χ0n) is 6.06. The number of hydrogen-bond acceptors (Lipinski definition) is 1. The summed E-state index contributed by atoms with van der Waals surface area (Å²) in [6.07, 6.45) is 0. The fourth-order valence-electron chi connectivity index (χ4n) is 0.889. The predicted octanol–water partition coefficient (Wildman–Crippen LogP) is 2.85. The van der Waals surface area contributed by atoms with Gasteiger partial charge in [0.15, 0.2) is 0 Å². The molecule has 0 unspecified atom stereocenters. The van der Waals surface area contributed by atoms with Crippen molar-refractivity contribution >= 4 is 38.5 Å². The number of aliphatic hydroxyl groups is 1. The van der Waals surface area contributed by atoms with E-state index in [9.17, 15) is 0 Å². The van der Waals surface area contributed by atoms with E-state index in [0.29, 0.717) is 0 Å². The number of halogens is 2. The van der Waals surface area contributed by atoms with Gasteiger partial charge in [0.2, 0.25) is 0 Å². The van der Waals surface area contributed by atoms with Crippen LogP contribution in [0.2, 0.25) is 0 Å². The van der Waals surface area contributed by atoms with E-state index in [-0.39, 0.29) is 6.61 Å². The third-order valence-electron chi connectivity index (χ3n) is 1.45. The van der Waals surface area contributed by atoms with Crippen molar-refractivity contribution < 1.29 is 5.11 Å². The Kier molecular flexibility index (Phi) is 3.33. The number of aryl methyl sites for hydroxylation is 1. The van der Waals surface area contributed by atoms with E-state index in [1.165, 1.54) is 9.13 Å². The van der Waals surface area contributed by atoms with Crippen LogP contribution in [0.5, 0.6) is 0 Å². The molecule has 60 valence electrons. The highest BCUT2D eigenvalue weighted by molar-refractivity contribution is 14.1. The lowest BCUT2D eigenvalue weighted by Crippen LogP contribution is -1.88. The fraction of sp³-hybridized carbons (Fsp3) is 0.250. The molecule has 0 saturated carbocycles. The molecule has 0 aliphatic carbocycles. The van der Waals surface area contributed by atoms with E-state index < -0.39 is 0 Å². The lowest BCUT2D eigenvalue weighted by atomic mass is 10.1. The number of hydrogen-bond donors (Lipinski definition) is 1. The quantitative estimate of drug-likeness (QED) is 0.787. The van der Waals surface area contributed by atoms with Gasteiger partial charge < -0.3 is 5.11 Å². The highest BCUT2D eigenvalue weighted by Crippen LogP contribution is 2.24. The SMILES string of the molecule is Cc1cc(CO)cc(Br)c1I. The maximum atomic E-state index is 8.85. The van der Waals surface area contributed by atoms with Crippen LogP contribution >= 0.6 is 38.5 Å². The average Bonchev–Trinajstić information content (AvgIpc) is 1.99. The highest BCUT2D eigenvalue weighted by atomic mass is 127. The maximum Gasteiger partial charge on any atom is 0.0682 e. The van der Waals surface area contributed by atoms with Crippen molar-refractivity contribution in [1.82, 2.24) is 0 Å². The molecule has 3 heteroatoms. The summed E-state index contributed by atoms with van der Waals surface area (Å²) in [5, 5.41) is 8.85. The van der Waals surface area contributed by atoms with Crippen molar-refractivity contribution in [3.63, 3.8) is 0 Å². The summed E-state index contributed by atoms with van der Waals surface area (Å²) >= 11 is 5.69. The van der Waals surface area contributed by atoms with Crippen LogP contribution in [0.25, 0.3) is 0 Å². The smallest absolute Gasteiger partial charge is 0.0682 e. The fourth-order valence-corrected chi connectivity index (χ4v) is 1.81. The molecule has 11 heavy (non-hydrogen) atoms. The highest BCUT2D eigenvalue weighted by Gasteiger charge is 2.01. The number of rotatable bonds is 1. The first-order valence-corrected chi connectivity index (χ1v) is 5.07. The molecule has 0 aliphatic rings. The zero-order chi connectivity index (χ0) is 8.43. The molecule has 0 bridgehead atoms. The first kappa shape index (κ1) is 9.48. The van der Waals surface area contributed by atoms with Crippen molar-refractivity contribution in [3.8, 4) is 0 Å². The second-order valence-electron chi connectivity index (χ2n) is 2.37. The van der Waals surface area contributed by atoms with Crippen LogP contribution in [0.3, 0.4) is 0 Å². The lowest BCUT2D eigenvalue weighted by Gasteiger charge is -2.03. The third-order valence-corrected chi connectivity index (χ3v) is 4.25. The van der Waals surface area contributed by atoms with Gasteiger partial charge in [0.1, 0.15) is 0 Å². The van der Waals surface area contributed by atoms with E-state index in [2.05, 4.69) is 38.5 Å². The topological polar surface area (TPSA) is 20.2 Å². The van der Waals surface area contributed by atoms with Gasteiger partial charge in [-0.1, -0.05) is 6.07 Å². The molecule has 0 aromatic heterocycles. The van der Waals surface area contributed by atoms with E-state index in [1.807, 2.05) is 19.1 Å². The summed E-state index contributed by atoms with van der Waals surface area (Å²) in [5.41, 5.74) is 2.15. The van der Waals surface area contributed by atoms with E-state index in [0.717, 1.165) is 10.0 Å². The summed E-state index contributed by atoms with van der Waals surface area (Å²) in [6.45, 7) is 2.14. The minimum atomic E-state index is 0.107. The van der Waals surface area contributed by atoms with Gasteiger partial charge in [-0.3, -0.25) is 0 Å². The van der Waals surface area contributed by atoms with Gasteiger partial charge >= 0.3 is 0 Å². The van der Waals surface area contributed by atoms with Crippen LogP contribution in [-0.4, -0.2) is 5.11 Å². The monoisotopic (exact) mass is 326 g/mol. The van der Waals surface area contributed by atoms with Crippen molar-refractivity contribution in [3.05, 3.63) is 31.3 Å². The summed E-state index contributed by atoms with van der Waals surface area (Å²) < 4.78 is 2.27. The second-order valence-corrected chi connectivity index (χ2v) is 4.30. The van der Waals surface area contributed by atoms with Gasteiger partial charge in [-0.25, -0.2) is 0 Å². The molecule has 0 amide bonds. The Labute approximate surface area is 88.1 Å². The third kappa shape index (κ3) is 2.16. The predicted molar refractivity (Wildman–Crippen MR) is 57.5 cm³/mol. The van der Waals surface area contributed by atoms with Crippen molar-refractivity contribution in [2.24, 2.45) is 0 Å². The first-order valence-electron chi connectivity index (χ1n) is 3.20. The minimum absolute atomic E-state index is 0.107. The van der Waals surface area contributed by atoms with Gasteiger partial charge in [0, 0.05) is 8.04 Å². The van der Waals surface area contributed by atoms with Crippen LogP contribution in [0.4, 0.5) is 0 Å². The Morgan fingerprint density at radius 1 is 1.55 bits per heavy atom. The van der Waals surface area contributed by atoms with Gasteiger partial charge in [-0.2, -0.15) is 0 Å². The van der Waals surface area contributed by atoms with Crippen LogP contribution in [0.15, 0.2) is 16.6 Å². The number of benzene rings is 1. The van der Waals surface area contributed by atoms with Crippen molar-refractivity contribution in [2.75, 3.05) is 0 Å². The zero-order valence-corrected chi connectivity index (χ0v) is 9.81. The molecule has 1 aromatic carbocycles. The molecule has 1 rings (SSSR count). The van der Waals surface area contributed by atoms with Crippen molar-refractivity contribution in [1.29, 1.82) is 0 Å². The molecule has 0 atom stereocenters. The van der Waals surface area contributed by atoms with E-state index in [1.54, 1.807) is 0 Å². The van der Waals surface area contributed by atoms with Crippen molar-refractivity contribution in [2.45, 2.75) is 13.5 Å². The van der Waals surface area contributed by atoms with Crippen LogP contribution in [0, 0.1) is 10.5 Å². The van der Waals surface area contributed by atoms with E-state index in [4.69, 9.17) is 5.11 Å². The minimum Gasteiger partial charge on any atom is -0.392 e. The molecular formula is C8H8BrIO. The van der Waals surface area contributed by atoms with Gasteiger partial charge in [-0.15, -0.1) is 0 Å². The van der Waals surface area contributed by atoms with Gasteiger partial charge in [-0.05, 0) is 62.6 Å². The maximum absolute atomic E-state index is 8.85. The van der Waals surface area contributed by atoms with Gasteiger partial charge in [0.25, 0.3) is 0 Å². The standard InChI is InChI=1S/C8H8BrIO/c1-5-2-6(4-11)3-7(9)8(5)10/h2-3,11H,4H2,1H3. The molecule has 0 spiro atoms. The molecule has 0 radical (unpaired) electrons. The van der Waals surface area contributed by atoms with Crippen LogP contribution in [0.1, 0.15) is 11.1 Å². The molecular weight excluding hydrogens is 319 g/mol. The summed E-state index contributed by atoms with van der Waals surface area (Å²) in [7, 11) is 0. The Bertz CT molecular complexity index is 250. The Morgan fingerprint density at radius 2 is 2.18 bits per heavy atom. The normalized spacial score (nSPS) is 10.2. The summed E-state index contributed by atoms with van der Waals surface area (Å²) in [6, 6.07) is 3.93. The largest absolute Gasteiger partial charge is 0.392 e.